The molecule has 0 radical (unpaired) electrons. The Labute approximate surface area is 158 Å². The number of hydrogen-bond acceptors (Lipinski definition) is 6. The molecule has 2 heterocycles. The third-order valence-electron chi connectivity index (χ3n) is 3.58. The molecule has 0 atom stereocenters. The zero-order valence-electron chi connectivity index (χ0n) is 14.3. The highest BCUT2D eigenvalue weighted by molar-refractivity contribution is 7.89. The van der Waals surface area contributed by atoms with Gasteiger partial charge in [0.25, 0.3) is 0 Å². The van der Waals surface area contributed by atoms with E-state index < -0.39 is 26.7 Å². The summed E-state index contributed by atoms with van der Waals surface area (Å²) in [6.07, 6.45) is -1.31. The second-order valence-corrected chi connectivity index (χ2v) is 7.34. The highest BCUT2D eigenvalue weighted by Crippen LogP contribution is 2.30. The average molecular weight is 412 g/mol. The number of aromatic nitrogens is 4. The minimum atomic E-state index is -4.62. The van der Waals surface area contributed by atoms with Crippen molar-refractivity contribution in [3.05, 3.63) is 60.4 Å². The standard InChI is InChI=1S/C16H15F3N6O2S/c17-16(18,19)12-3-1-4-13(11-12)28(26,27)22-9-8-20-14-5-6-15(24-23-14)25-10-2-7-21-25/h1-7,10-11,22H,8-9H2,(H,20,23). The summed E-state index contributed by atoms with van der Waals surface area (Å²) in [5, 5.41) is 14.8. The van der Waals surface area contributed by atoms with Gasteiger partial charge in [-0.3, -0.25) is 0 Å². The maximum atomic E-state index is 12.7. The number of nitrogens with zero attached hydrogens (tertiary/aromatic N) is 4. The van der Waals surface area contributed by atoms with Gasteiger partial charge in [-0.25, -0.2) is 17.8 Å². The summed E-state index contributed by atoms with van der Waals surface area (Å²) < 4.78 is 66.3. The van der Waals surface area contributed by atoms with Gasteiger partial charge in [0.1, 0.15) is 5.82 Å². The second kappa shape index (κ2) is 7.94. The predicted molar refractivity (Wildman–Crippen MR) is 94.3 cm³/mol. The fourth-order valence-electron chi connectivity index (χ4n) is 2.24. The molecule has 0 aliphatic rings. The second-order valence-electron chi connectivity index (χ2n) is 5.58. The molecule has 0 bridgehead atoms. The van der Waals surface area contributed by atoms with Crippen LogP contribution in [0.3, 0.4) is 0 Å². The lowest BCUT2D eigenvalue weighted by molar-refractivity contribution is -0.137. The zero-order chi connectivity index (χ0) is 20.2. The average Bonchev–Trinajstić information content (AvgIpc) is 3.20. The molecule has 0 fully saturated rings. The number of hydrogen-bond donors (Lipinski definition) is 2. The number of halogens is 3. The first-order valence-electron chi connectivity index (χ1n) is 8.00. The molecule has 8 nitrogen and oxygen atoms in total. The van der Waals surface area contributed by atoms with E-state index in [4.69, 9.17) is 0 Å². The van der Waals surface area contributed by atoms with Crippen LogP contribution in [-0.4, -0.2) is 41.5 Å². The summed E-state index contributed by atoms with van der Waals surface area (Å²) in [6.45, 7) is 0.106. The van der Waals surface area contributed by atoms with Crippen molar-refractivity contribution in [3.63, 3.8) is 0 Å². The third-order valence-corrected chi connectivity index (χ3v) is 5.04. The Morgan fingerprint density at radius 1 is 1.04 bits per heavy atom. The zero-order valence-corrected chi connectivity index (χ0v) is 15.1. The van der Waals surface area contributed by atoms with Crippen molar-refractivity contribution >= 4 is 15.8 Å². The molecular weight excluding hydrogens is 397 g/mol. The van der Waals surface area contributed by atoms with Crippen LogP contribution in [0.2, 0.25) is 0 Å². The summed E-state index contributed by atoms with van der Waals surface area (Å²) in [6, 6.07) is 8.61. The first kappa shape index (κ1) is 19.8. The molecule has 3 aromatic rings. The van der Waals surface area contributed by atoms with Gasteiger partial charge in [0.15, 0.2) is 5.82 Å². The molecule has 0 aliphatic carbocycles. The topological polar surface area (TPSA) is 102 Å². The lowest BCUT2D eigenvalue weighted by Crippen LogP contribution is -2.29. The van der Waals surface area contributed by atoms with Crippen molar-refractivity contribution in [1.29, 1.82) is 0 Å². The minimum absolute atomic E-state index is 0.0544. The van der Waals surface area contributed by atoms with E-state index in [9.17, 15) is 21.6 Å². The van der Waals surface area contributed by atoms with E-state index in [2.05, 4.69) is 25.3 Å². The summed E-state index contributed by atoms with van der Waals surface area (Å²) >= 11 is 0. The van der Waals surface area contributed by atoms with Gasteiger partial charge in [0, 0.05) is 25.5 Å². The normalized spacial score (nSPS) is 12.1. The van der Waals surface area contributed by atoms with E-state index in [0.29, 0.717) is 17.7 Å². The van der Waals surface area contributed by atoms with E-state index in [1.807, 2.05) is 0 Å². The van der Waals surface area contributed by atoms with Crippen LogP contribution < -0.4 is 10.0 Å². The summed E-state index contributed by atoms with van der Waals surface area (Å²) in [5.41, 5.74) is -1.03. The number of nitrogens with one attached hydrogen (secondary N) is 2. The molecule has 0 unspecified atom stereocenters. The summed E-state index contributed by atoms with van der Waals surface area (Å²) in [7, 11) is -4.07. The monoisotopic (exact) mass is 412 g/mol. The molecule has 0 saturated heterocycles. The molecule has 148 valence electrons. The van der Waals surface area contributed by atoms with E-state index in [0.717, 1.165) is 18.2 Å². The van der Waals surface area contributed by atoms with E-state index in [1.165, 1.54) is 4.68 Å². The molecule has 0 amide bonds. The van der Waals surface area contributed by atoms with Crippen molar-refractivity contribution in [2.75, 3.05) is 18.4 Å². The molecule has 0 saturated carbocycles. The highest BCUT2D eigenvalue weighted by atomic mass is 32.2. The highest BCUT2D eigenvalue weighted by Gasteiger charge is 2.31. The molecule has 2 aromatic heterocycles. The Morgan fingerprint density at radius 2 is 1.86 bits per heavy atom. The van der Waals surface area contributed by atoms with Crippen LogP contribution in [0.5, 0.6) is 0 Å². The predicted octanol–water partition coefficient (Wildman–Crippen LogP) is 2.07. The lowest BCUT2D eigenvalue weighted by Gasteiger charge is -2.11. The van der Waals surface area contributed by atoms with E-state index in [-0.39, 0.29) is 13.1 Å². The van der Waals surface area contributed by atoms with Crippen LogP contribution in [-0.2, 0) is 16.2 Å². The van der Waals surface area contributed by atoms with Crippen molar-refractivity contribution in [2.24, 2.45) is 0 Å². The van der Waals surface area contributed by atoms with E-state index in [1.54, 1.807) is 30.6 Å². The molecule has 1 aromatic carbocycles. The van der Waals surface area contributed by atoms with Gasteiger partial charge in [0.05, 0.1) is 10.5 Å². The molecule has 2 N–H and O–H groups in total. The van der Waals surface area contributed by atoms with Crippen LogP contribution in [0.1, 0.15) is 5.56 Å². The summed E-state index contributed by atoms with van der Waals surface area (Å²) in [5.74, 6) is 0.926. The van der Waals surface area contributed by atoms with Gasteiger partial charge < -0.3 is 5.32 Å². The molecule has 3 rings (SSSR count). The maximum absolute atomic E-state index is 12.7. The van der Waals surface area contributed by atoms with Gasteiger partial charge in [0.2, 0.25) is 10.0 Å². The van der Waals surface area contributed by atoms with Crippen LogP contribution in [0.25, 0.3) is 5.82 Å². The van der Waals surface area contributed by atoms with Gasteiger partial charge in [-0.05, 0) is 36.4 Å². The number of benzene rings is 1. The van der Waals surface area contributed by atoms with Gasteiger partial charge in [-0.1, -0.05) is 6.07 Å². The van der Waals surface area contributed by atoms with Crippen molar-refractivity contribution in [2.45, 2.75) is 11.1 Å². The number of sulfonamides is 1. The van der Waals surface area contributed by atoms with Gasteiger partial charge >= 0.3 is 6.18 Å². The van der Waals surface area contributed by atoms with Gasteiger partial charge in [-0.2, -0.15) is 18.3 Å². The SMILES string of the molecule is O=S(=O)(NCCNc1ccc(-n2cccn2)nn1)c1cccc(C(F)(F)F)c1. The van der Waals surface area contributed by atoms with E-state index >= 15 is 0 Å². The summed E-state index contributed by atoms with van der Waals surface area (Å²) in [4.78, 5) is -0.453. The first-order chi connectivity index (χ1) is 13.3. The van der Waals surface area contributed by atoms with Crippen LogP contribution in [0, 0.1) is 0 Å². The number of rotatable bonds is 7. The van der Waals surface area contributed by atoms with Crippen LogP contribution >= 0.6 is 0 Å². The Morgan fingerprint density at radius 3 is 2.50 bits per heavy atom. The maximum Gasteiger partial charge on any atom is 0.416 e. The molecule has 28 heavy (non-hydrogen) atoms. The van der Waals surface area contributed by atoms with Crippen LogP contribution in [0.4, 0.5) is 19.0 Å². The number of anilines is 1. The number of alkyl halides is 3. The quantitative estimate of drug-likeness (QED) is 0.576. The largest absolute Gasteiger partial charge is 0.416 e. The fourth-order valence-corrected chi connectivity index (χ4v) is 3.32. The Kier molecular flexibility index (Phi) is 5.61. The van der Waals surface area contributed by atoms with Crippen LogP contribution in [0.15, 0.2) is 59.8 Å². The Hall–Kier alpha value is -2.99. The molecule has 12 heteroatoms. The smallest absolute Gasteiger partial charge is 0.367 e. The Balaban J connectivity index is 1.54. The van der Waals surface area contributed by atoms with Crippen molar-refractivity contribution < 1.29 is 21.6 Å². The van der Waals surface area contributed by atoms with Gasteiger partial charge in [-0.15, -0.1) is 10.2 Å². The molecular formula is C16H15F3N6O2S. The fraction of sp³-hybridized carbons (Fsp3) is 0.188. The Bertz CT molecular complexity index is 1020. The van der Waals surface area contributed by atoms with Crippen molar-refractivity contribution in [1.82, 2.24) is 24.7 Å². The van der Waals surface area contributed by atoms with Crippen molar-refractivity contribution in [3.8, 4) is 5.82 Å². The molecule has 0 aliphatic heterocycles. The minimum Gasteiger partial charge on any atom is -0.367 e. The third kappa shape index (κ3) is 4.84. The molecule has 0 spiro atoms. The lowest BCUT2D eigenvalue weighted by atomic mass is 10.2. The first-order valence-corrected chi connectivity index (χ1v) is 9.48.